The molecule has 0 bridgehead atoms. The molecule has 0 amide bonds. The van der Waals surface area contributed by atoms with E-state index in [0.29, 0.717) is 43.1 Å². The number of sulfonamides is 1. The van der Waals surface area contributed by atoms with Gasteiger partial charge >= 0.3 is 12.4 Å². The predicted molar refractivity (Wildman–Crippen MR) is 177 cm³/mol. The lowest BCUT2D eigenvalue weighted by atomic mass is 9.95. The molecule has 20 heteroatoms. The highest BCUT2D eigenvalue weighted by Crippen LogP contribution is 2.61. The minimum absolute atomic E-state index is 0.00359. The highest BCUT2D eigenvalue weighted by atomic mass is 35.5. The summed E-state index contributed by atoms with van der Waals surface area (Å²) in [4.78, 5) is 11.5. The van der Waals surface area contributed by atoms with Crippen LogP contribution in [0.1, 0.15) is 49.1 Å². The Morgan fingerprint density at radius 1 is 0.922 bits per heavy atom. The van der Waals surface area contributed by atoms with Crippen molar-refractivity contribution in [3.05, 3.63) is 70.1 Å². The molecule has 9 nitrogen and oxygen atoms in total. The van der Waals surface area contributed by atoms with E-state index >= 15 is 4.39 Å². The van der Waals surface area contributed by atoms with E-state index in [1.54, 1.807) is 4.72 Å². The molecule has 2 fully saturated rings. The van der Waals surface area contributed by atoms with Gasteiger partial charge in [0, 0.05) is 24.1 Å². The molecule has 0 spiro atoms. The maximum atomic E-state index is 16.3. The summed E-state index contributed by atoms with van der Waals surface area (Å²) in [7, 11) is -8.39. The zero-order valence-corrected chi connectivity index (χ0v) is 29.4. The number of aromatic nitrogens is 3. The van der Waals surface area contributed by atoms with E-state index in [9.17, 15) is 43.2 Å². The molecular formula is C31H27ClF7N5O4S3. The first-order valence-electron chi connectivity index (χ1n) is 15.3. The van der Waals surface area contributed by atoms with Gasteiger partial charge in [0.25, 0.3) is 10.0 Å². The molecule has 0 atom stereocenters. The summed E-state index contributed by atoms with van der Waals surface area (Å²) in [5.74, 6) is -1.25. The number of nitrogens with one attached hydrogen (secondary N) is 2. The maximum Gasteiger partial charge on any atom is 0.417 e. The SMILES string of the molecule is CS(=O)(=O)[C@H]1CC[C@H](Nc2nccc(-c3sc(C4(C(F)(F)F)CC4)nc3-c3cccc(NS(=O)(=O)c4c(Cl)cccc4C(F)(F)F)c3F)n2)CC1. The van der Waals surface area contributed by atoms with E-state index < -0.39 is 75.4 Å². The van der Waals surface area contributed by atoms with E-state index in [4.69, 9.17) is 11.6 Å². The van der Waals surface area contributed by atoms with E-state index in [0.717, 1.165) is 30.3 Å². The van der Waals surface area contributed by atoms with E-state index in [-0.39, 0.29) is 46.1 Å². The third kappa shape index (κ3) is 7.39. The summed E-state index contributed by atoms with van der Waals surface area (Å²) < 4.78 is 152. The maximum absolute atomic E-state index is 16.3. The van der Waals surface area contributed by atoms with Gasteiger partial charge in [-0.05, 0) is 68.9 Å². The molecule has 274 valence electrons. The average Bonchev–Trinajstić information content (AvgIpc) is 3.75. The molecule has 0 unspecified atom stereocenters. The average molecular weight is 798 g/mol. The second-order valence-electron chi connectivity index (χ2n) is 12.4. The Morgan fingerprint density at radius 2 is 1.59 bits per heavy atom. The van der Waals surface area contributed by atoms with E-state index in [1.165, 1.54) is 18.5 Å². The third-order valence-corrected chi connectivity index (χ3v) is 13.7. The number of rotatable bonds is 9. The monoisotopic (exact) mass is 797 g/mol. The van der Waals surface area contributed by atoms with Crippen molar-refractivity contribution in [1.29, 1.82) is 0 Å². The molecule has 2 N–H and O–H groups in total. The normalized spacial score (nSPS) is 19.5. The van der Waals surface area contributed by atoms with Gasteiger partial charge in [-0.2, -0.15) is 26.3 Å². The van der Waals surface area contributed by atoms with Crippen LogP contribution < -0.4 is 10.0 Å². The molecule has 0 saturated heterocycles. The zero-order chi connectivity index (χ0) is 37.1. The van der Waals surface area contributed by atoms with Crippen molar-refractivity contribution in [2.24, 2.45) is 0 Å². The smallest absolute Gasteiger partial charge is 0.351 e. The number of alkyl halides is 6. The van der Waals surface area contributed by atoms with Crippen molar-refractivity contribution < 1.29 is 47.6 Å². The van der Waals surface area contributed by atoms with Crippen molar-refractivity contribution in [3.63, 3.8) is 0 Å². The van der Waals surface area contributed by atoms with Crippen LogP contribution in [0.3, 0.4) is 0 Å². The molecule has 4 aromatic rings. The van der Waals surface area contributed by atoms with Crippen molar-refractivity contribution in [1.82, 2.24) is 15.0 Å². The van der Waals surface area contributed by atoms with Crippen LogP contribution in [0.25, 0.3) is 21.8 Å². The van der Waals surface area contributed by atoms with Crippen LogP contribution in [0.2, 0.25) is 5.02 Å². The predicted octanol–water partition coefficient (Wildman–Crippen LogP) is 8.24. The lowest BCUT2D eigenvalue weighted by Crippen LogP contribution is -2.32. The highest BCUT2D eigenvalue weighted by Gasteiger charge is 2.66. The molecule has 2 aromatic carbocycles. The summed E-state index contributed by atoms with van der Waals surface area (Å²) in [6.07, 6.45) is -6.06. The van der Waals surface area contributed by atoms with Crippen molar-refractivity contribution in [2.45, 2.75) is 72.5 Å². The van der Waals surface area contributed by atoms with Crippen LogP contribution in [-0.4, -0.2) is 55.5 Å². The summed E-state index contributed by atoms with van der Waals surface area (Å²) in [5, 5.41) is 1.50. The number of hydrogen-bond acceptors (Lipinski definition) is 9. The molecule has 6 rings (SSSR count). The van der Waals surface area contributed by atoms with Gasteiger partial charge in [0.05, 0.1) is 37.8 Å². The minimum atomic E-state index is -5.17. The number of halogens is 8. The van der Waals surface area contributed by atoms with Gasteiger partial charge in [0.1, 0.15) is 25.2 Å². The Kier molecular flexibility index (Phi) is 9.59. The van der Waals surface area contributed by atoms with E-state index in [1.807, 2.05) is 0 Å². The second-order valence-corrected chi connectivity index (χ2v) is 17.7. The van der Waals surface area contributed by atoms with E-state index in [2.05, 4.69) is 20.3 Å². The van der Waals surface area contributed by atoms with Gasteiger partial charge in [-0.15, -0.1) is 11.3 Å². The summed E-state index contributed by atoms with van der Waals surface area (Å²) in [6, 6.07) is 6.71. The third-order valence-electron chi connectivity index (χ3n) is 8.87. The number of hydrogen-bond donors (Lipinski definition) is 2. The number of nitrogens with zero attached hydrogens (tertiary/aromatic N) is 3. The van der Waals surface area contributed by atoms with Crippen molar-refractivity contribution in [2.75, 3.05) is 16.3 Å². The number of benzene rings is 2. The van der Waals surface area contributed by atoms with Crippen LogP contribution in [-0.2, 0) is 31.5 Å². The highest BCUT2D eigenvalue weighted by molar-refractivity contribution is 7.93. The Bertz CT molecular complexity index is 2200. The first-order chi connectivity index (χ1) is 23.7. The lowest BCUT2D eigenvalue weighted by Gasteiger charge is -2.28. The van der Waals surface area contributed by atoms with Crippen molar-refractivity contribution in [3.8, 4) is 21.8 Å². The molecule has 51 heavy (non-hydrogen) atoms. The van der Waals surface area contributed by atoms with Crippen LogP contribution in [0, 0.1) is 5.82 Å². The molecule has 2 aliphatic rings. The first kappa shape index (κ1) is 37.2. The Morgan fingerprint density at radius 3 is 2.20 bits per heavy atom. The largest absolute Gasteiger partial charge is 0.417 e. The van der Waals surface area contributed by atoms with Gasteiger partial charge in [-0.25, -0.2) is 36.2 Å². The molecule has 0 radical (unpaired) electrons. The Labute approximate surface area is 296 Å². The Balaban J connectivity index is 1.39. The first-order valence-corrected chi connectivity index (χ1v) is 19.9. The topological polar surface area (TPSA) is 131 Å². The standard InChI is InChI=1S/C31H27ClF7N5O4S3/c1-50(45,46)17-10-8-16(9-11-17)41-28-40-15-12-22(42-28)25-24(43-27(49-25)29(13-14-29)31(37,38)39)18-4-2-7-21(23(18)33)44-51(47,48)26-19(30(34,35)36)5-3-6-20(26)32/h2-7,12,15-17,44H,8-11,13-14H2,1H3,(H,40,41,42)/t16-,17-. The molecule has 0 aliphatic heterocycles. The van der Waals surface area contributed by atoms with Crippen molar-refractivity contribution >= 4 is 54.4 Å². The van der Waals surface area contributed by atoms with Crippen LogP contribution in [0.5, 0.6) is 0 Å². The molecule has 2 aromatic heterocycles. The van der Waals surface area contributed by atoms with Gasteiger partial charge in [-0.3, -0.25) is 4.72 Å². The van der Waals surface area contributed by atoms with Crippen LogP contribution in [0.15, 0.2) is 53.6 Å². The molecule has 2 heterocycles. The summed E-state index contributed by atoms with van der Waals surface area (Å²) in [5.41, 5.74) is -5.39. The number of anilines is 2. The van der Waals surface area contributed by atoms with Gasteiger partial charge in [-0.1, -0.05) is 23.7 Å². The zero-order valence-electron chi connectivity index (χ0n) is 26.2. The van der Waals surface area contributed by atoms with Gasteiger partial charge in [0.2, 0.25) is 5.95 Å². The minimum Gasteiger partial charge on any atom is -0.351 e. The number of thiazole rings is 1. The van der Waals surface area contributed by atoms with Crippen LogP contribution >= 0.6 is 22.9 Å². The fourth-order valence-electron chi connectivity index (χ4n) is 5.99. The van der Waals surface area contributed by atoms with Crippen LogP contribution in [0.4, 0.5) is 42.4 Å². The number of sulfone groups is 1. The molecular weight excluding hydrogens is 771 g/mol. The summed E-state index contributed by atoms with van der Waals surface area (Å²) >= 11 is 6.50. The quantitative estimate of drug-likeness (QED) is 0.162. The van der Waals surface area contributed by atoms with Gasteiger partial charge in [0.15, 0.2) is 5.82 Å². The Hall–Kier alpha value is -3.55. The second kappa shape index (κ2) is 13.1. The lowest BCUT2D eigenvalue weighted by molar-refractivity contribution is -0.160. The summed E-state index contributed by atoms with van der Waals surface area (Å²) in [6.45, 7) is 0. The fraction of sp³-hybridized carbons (Fsp3) is 0.387. The van der Waals surface area contributed by atoms with Gasteiger partial charge < -0.3 is 5.32 Å². The molecule has 2 aliphatic carbocycles. The fourth-order valence-corrected chi connectivity index (χ4v) is 10.3. The molecule has 2 saturated carbocycles.